The van der Waals surface area contributed by atoms with E-state index in [9.17, 15) is 0 Å². The Bertz CT molecular complexity index is 2840. The van der Waals surface area contributed by atoms with E-state index in [4.69, 9.17) is 0 Å². The van der Waals surface area contributed by atoms with Crippen molar-refractivity contribution in [2.45, 2.75) is 0 Å². The van der Waals surface area contributed by atoms with E-state index in [1.165, 1.54) is 0 Å². The third-order valence-corrected chi connectivity index (χ3v) is 8.95. The van der Waals surface area contributed by atoms with Crippen LogP contribution in [0.25, 0.3) is 47.9 Å². The van der Waals surface area contributed by atoms with Gasteiger partial charge in [-0.2, -0.15) is 0 Å². The number of rotatable bonds is 2. The number of fused-ring (bicyclic) bond motifs is 16. The van der Waals surface area contributed by atoms with Gasteiger partial charge >= 0.3 is 0 Å². The van der Waals surface area contributed by atoms with Crippen molar-refractivity contribution in [1.82, 2.24) is 45.2 Å². The van der Waals surface area contributed by atoms with Crippen LogP contribution in [0.2, 0.25) is 0 Å². The summed E-state index contributed by atoms with van der Waals surface area (Å²) in [6, 6.07) is 33.6. The Morgan fingerprint density at radius 3 is 0.959 bits per heavy atom. The first-order valence-corrected chi connectivity index (χ1v) is 16.2. The minimum atomic E-state index is 0.905. The summed E-state index contributed by atoms with van der Waals surface area (Å²) in [5.74, 6) is 0. The van der Waals surface area contributed by atoms with Crippen molar-refractivity contribution in [3.05, 3.63) is 185 Å². The van der Waals surface area contributed by atoms with Crippen LogP contribution in [0.5, 0.6) is 0 Å². The molecule has 8 aromatic rings. The van der Waals surface area contributed by atoms with Gasteiger partial charge in [0.05, 0.1) is 33.5 Å². The Morgan fingerprint density at radius 2 is 0.571 bits per heavy atom. The third-order valence-electron chi connectivity index (χ3n) is 8.95. The number of H-pyrrole nitrogens is 8. The minimum Gasteiger partial charge on any atom is -0.355 e. The normalized spacial score (nSPS) is 13.4. The van der Waals surface area contributed by atoms with Gasteiger partial charge < -0.3 is 45.2 Å². The SMILES string of the molecule is C1=c2ccc([nH]2)=Cc2ccc([nH]2)C(NC2=c3ccc([nH]3)=Cc3ccc([nH]3)C=c3ccc([nH]3)=Cc3ccc2[nH]3)=c2ccc([nH]2)=Cc2ccc1[nH]2. The zero-order valence-corrected chi connectivity index (χ0v) is 26.2. The highest BCUT2D eigenvalue weighted by Gasteiger charge is 2.14. The Balaban J connectivity index is 1.19. The van der Waals surface area contributed by atoms with Gasteiger partial charge in [0, 0.05) is 66.3 Å². The summed E-state index contributed by atoms with van der Waals surface area (Å²) in [6.45, 7) is 0. The molecule has 0 radical (unpaired) electrons. The topological polar surface area (TPSA) is 138 Å². The van der Waals surface area contributed by atoms with Gasteiger partial charge in [-0.05, 0) is 134 Å². The van der Waals surface area contributed by atoms with Crippen molar-refractivity contribution in [2.24, 2.45) is 0 Å². The molecular formula is C40H31N9. The quantitative estimate of drug-likeness (QED) is 0.134. The molecule has 0 fully saturated rings. The minimum absolute atomic E-state index is 0.905. The molecule has 10 heterocycles. The van der Waals surface area contributed by atoms with E-state index >= 15 is 0 Å². The fourth-order valence-corrected chi connectivity index (χ4v) is 6.65. The molecule has 9 N–H and O–H groups in total. The predicted molar refractivity (Wildman–Crippen MR) is 193 cm³/mol. The number of aromatic nitrogens is 8. The molecule has 16 bridgehead atoms. The number of aromatic amines is 8. The highest BCUT2D eigenvalue weighted by atomic mass is 15.0. The second kappa shape index (κ2) is 10.8. The Hall–Kier alpha value is -7.00. The lowest BCUT2D eigenvalue weighted by Gasteiger charge is -2.12. The fourth-order valence-electron chi connectivity index (χ4n) is 6.65. The van der Waals surface area contributed by atoms with Crippen LogP contribution in [0, 0.1) is 0 Å². The van der Waals surface area contributed by atoms with Crippen LogP contribution >= 0.6 is 0 Å². The van der Waals surface area contributed by atoms with E-state index in [1.54, 1.807) is 0 Å². The summed E-state index contributed by atoms with van der Waals surface area (Å²) < 4.78 is 0. The second-order valence-corrected chi connectivity index (χ2v) is 12.5. The molecule has 0 atom stereocenters. The summed E-state index contributed by atoms with van der Waals surface area (Å²) in [4.78, 5) is 28.6. The molecule has 0 amide bonds. The first-order valence-electron chi connectivity index (χ1n) is 16.2. The molecule has 2 aliphatic heterocycles. The number of nitrogens with one attached hydrogen (secondary N) is 9. The van der Waals surface area contributed by atoms with Gasteiger partial charge in [0.2, 0.25) is 0 Å². The van der Waals surface area contributed by atoms with Crippen LogP contribution < -0.4 is 48.1 Å². The molecule has 49 heavy (non-hydrogen) atoms. The van der Waals surface area contributed by atoms with Crippen LogP contribution in [0.15, 0.2) is 97.1 Å². The Labute approximate surface area is 277 Å². The maximum absolute atomic E-state index is 3.86. The average Bonchev–Trinajstić information content (AvgIpc) is 3.92. The van der Waals surface area contributed by atoms with E-state index in [1.807, 2.05) is 0 Å². The van der Waals surface area contributed by atoms with Gasteiger partial charge in [0.25, 0.3) is 0 Å². The van der Waals surface area contributed by atoms with Crippen LogP contribution in [0.3, 0.4) is 0 Å². The van der Waals surface area contributed by atoms with Crippen molar-refractivity contribution in [3.63, 3.8) is 0 Å². The van der Waals surface area contributed by atoms with Crippen molar-refractivity contribution >= 4 is 47.9 Å². The third kappa shape index (κ3) is 5.25. The molecule has 0 aliphatic carbocycles. The van der Waals surface area contributed by atoms with E-state index in [0.29, 0.717) is 0 Å². The molecule has 2 aliphatic rings. The Morgan fingerprint density at radius 1 is 0.265 bits per heavy atom. The molecular weight excluding hydrogens is 607 g/mol. The number of hydrogen-bond donors (Lipinski definition) is 9. The first kappa shape index (κ1) is 27.1. The van der Waals surface area contributed by atoms with Crippen molar-refractivity contribution in [2.75, 3.05) is 0 Å². The van der Waals surface area contributed by atoms with Gasteiger partial charge in [0.1, 0.15) is 0 Å². The molecule has 9 heteroatoms. The standard InChI is InChI=1S/C40H31N9/c1-5-27-19-31-9-13-35(45-31)39(36-14-10-32(46-36)20-28-6-2-24(42-28)17-23(1)41-27)49-40-37-15-11-33(47-37)21-29-7-3-25(43-29)18-26-4-8-30(44-26)22-34-12-16-38(40)48-34/h1-22,41-49H. The highest BCUT2D eigenvalue weighted by molar-refractivity contribution is 5.75. The van der Waals surface area contributed by atoms with Crippen molar-refractivity contribution in [3.8, 4) is 0 Å². The fraction of sp³-hybridized carbons (Fsp3) is 0. The molecule has 0 aromatic carbocycles. The maximum Gasteiger partial charge on any atom is 0.0863 e. The maximum atomic E-state index is 3.86. The van der Waals surface area contributed by atoms with Gasteiger partial charge in [-0.1, -0.05) is 0 Å². The zero-order chi connectivity index (χ0) is 32.3. The summed E-state index contributed by atoms with van der Waals surface area (Å²) in [5, 5.41) is 11.8. The molecule has 8 aromatic heterocycles. The van der Waals surface area contributed by atoms with E-state index < -0.39 is 0 Å². The van der Waals surface area contributed by atoms with Crippen LogP contribution in [-0.4, -0.2) is 39.9 Å². The van der Waals surface area contributed by atoms with Crippen molar-refractivity contribution < 1.29 is 0 Å². The molecule has 0 saturated carbocycles. The van der Waals surface area contributed by atoms with Gasteiger partial charge in [0.15, 0.2) is 0 Å². The second-order valence-electron chi connectivity index (χ2n) is 12.5. The van der Waals surface area contributed by atoms with Crippen LogP contribution in [-0.2, 0) is 0 Å². The zero-order valence-electron chi connectivity index (χ0n) is 26.2. The monoisotopic (exact) mass is 637 g/mol. The lowest BCUT2D eigenvalue weighted by atomic mass is 10.2. The van der Waals surface area contributed by atoms with Crippen LogP contribution in [0.1, 0.15) is 45.6 Å². The summed E-state index contributed by atoms with van der Waals surface area (Å²) in [6.07, 6.45) is 12.7. The highest BCUT2D eigenvalue weighted by Crippen LogP contribution is 2.16. The van der Waals surface area contributed by atoms with E-state index in [0.717, 1.165) is 99.7 Å². The molecule has 9 nitrogen and oxygen atoms in total. The first-order chi connectivity index (χ1) is 24.1. The van der Waals surface area contributed by atoms with Gasteiger partial charge in [-0.15, -0.1) is 0 Å². The van der Waals surface area contributed by atoms with Gasteiger partial charge in [-0.25, -0.2) is 0 Å². The molecule has 236 valence electrons. The lowest BCUT2D eigenvalue weighted by molar-refractivity contribution is 1.09. The summed E-state index contributed by atoms with van der Waals surface area (Å²) in [5.41, 5.74) is 9.76. The van der Waals surface area contributed by atoms with Crippen LogP contribution in [0.4, 0.5) is 0 Å². The largest absolute Gasteiger partial charge is 0.355 e. The number of hydrogen-bond acceptors (Lipinski definition) is 1. The lowest BCUT2D eigenvalue weighted by Crippen LogP contribution is -2.28. The molecule has 0 unspecified atom stereocenters. The smallest absolute Gasteiger partial charge is 0.0863 e. The molecule has 0 spiro atoms. The molecule has 10 rings (SSSR count). The Kier molecular flexibility index (Phi) is 5.97. The van der Waals surface area contributed by atoms with Crippen molar-refractivity contribution in [1.29, 1.82) is 0 Å². The predicted octanol–water partition coefficient (Wildman–Crippen LogP) is 0.514. The van der Waals surface area contributed by atoms with E-state index in [2.05, 4.69) is 179 Å². The van der Waals surface area contributed by atoms with Gasteiger partial charge in [-0.3, -0.25) is 0 Å². The molecule has 0 saturated heterocycles. The summed E-state index contributed by atoms with van der Waals surface area (Å²) in [7, 11) is 0. The average molecular weight is 638 g/mol. The summed E-state index contributed by atoms with van der Waals surface area (Å²) >= 11 is 0. The van der Waals surface area contributed by atoms with E-state index in [-0.39, 0.29) is 0 Å².